The molecule has 0 aliphatic heterocycles. The zero-order valence-electron chi connectivity index (χ0n) is 15.5. The van der Waals surface area contributed by atoms with Crippen LogP contribution in [0, 0.1) is 6.92 Å². The summed E-state index contributed by atoms with van der Waals surface area (Å²) in [5.41, 5.74) is 6.41. The molecule has 0 bridgehead atoms. The summed E-state index contributed by atoms with van der Waals surface area (Å²) in [6.07, 6.45) is 0. The van der Waals surface area contributed by atoms with Crippen molar-refractivity contribution in [3.63, 3.8) is 0 Å². The number of methoxy groups -OCH3 is 1. The fourth-order valence-corrected chi connectivity index (χ4v) is 3.11. The van der Waals surface area contributed by atoms with Crippen LogP contribution < -0.4 is 10.2 Å². The molecule has 2 aromatic carbocycles. The summed E-state index contributed by atoms with van der Waals surface area (Å²) in [5.74, 6) is 0.418. The van der Waals surface area contributed by atoms with E-state index in [4.69, 9.17) is 21.2 Å². The van der Waals surface area contributed by atoms with Crippen molar-refractivity contribution in [3.05, 3.63) is 70.9 Å². The van der Waals surface area contributed by atoms with Gasteiger partial charge in [0.05, 0.1) is 30.7 Å². The number of rotatable bonds is 6. The zero-order valence-corrected chi connectivity index (χ0v) is 16.2. The largest absolute Gasteiger partial charge is 0.495 e. The average molecular weight is 385 g/mol. The highest BCUT2D eigenvalue weighted by Crippen LogP contribution is 2.34. The number of carbonyl (C=O) groups is 1. The van der Waals surface area contributed by atoms with Crippen molar-refractivity contribution in [2.24, 2.45) is 0 Å². The highest BCUT2D eigenvalue weighted by atomic mass is 35.5. The molecule has 0 fully saturated rings. The van der Waals surface area contributed by atoms with Crippen molar-refractivity contribution in [1.29, 1.82) is 0 Å². The van der Waals surface area contributed by atoms with Crippen molar-refractivity contribution < 1.29 is 14.4 Å². The maximum Gasteiger partial charge on any atom is 0.276 e. The van der Waals surface area contributed by atoms with Gasteiger partial charge < -0.3 is 9.30 Å². The Morgan fingerprint density at radius 1 is 1.15 bits per heavy atom. The Morgan fingerprint density at radius 3 is 2.52 bits per heavy atom. The van der Waals surface area contributed by atoms with Gasteiger partial charge in [-0.2, -0.15) is 0 Å². The first-order valence-electron chi connectivity index (χ1n) is 8.60. The second kappa shape index (κ2) is 8.29. The Hall–Kier alpha value is -2.76. The second-order valence-corrected chi connectivity index (χ2v) is 6.34. The maximum atomic E-state index is 12.6. The van der Waals surface area contributed by atoms with E-state index in [0.29, 0.717) is 22.9 Å². The van der Waals surface area contributed by atoms with Gasteiger partial charge in [-0.3, -0.25) is 9.63 Å². The molecular weight excluding hydrogens is 364 g/mol. The molecule has 3 aromatic rings. The lowest BCUT2D eigenvalue weighted by atomic mass is 10.1. The fourth-order valence-electron chi connectivity index (χ4n) is 2.99. The molecule has 0 aliphatic carbocycles. The number of ether oxygens (including phenoxy) is 1. The minimum atomic E-state index is -0.293. The summed E-state index contributed by atoms with van der Waals surface area (Å²) >= 11 is 6.04. The summed E-state index contributed by atoms with van der Waals surface area (Å²) in [6, 6.07) is 17.0. The number of carbonyl (C=O) groups excluding carboxylic acids is 1. The van der Waals surface area contributed by atoms with Gasteiger partial charge >= 0.3 is 0 Å². The van der Waals surface area contributed by atoms with Gasteiger partial charge in [0, 0.05) is 10.7 Å². The number of hydroxylamine groups is 1. The van der Waals surface area contributed by atoms with Crippen LogP contribution in [0.4, 0.5) is 0 Å². The molecule has 0 saturated carbocycles. The normalized spacial score (nSPS) is 10.7. The number of hydrogen-bond acceptors (Lipinski definition) is 3. The van der Waals surface area contributed by atoms with E-state index in [1.54, 1.807) is 7.11 Å². The number of para-hydroxylation sites is 2. The Morgan fingerprint density at radius 2 is 1.85 bits per heavy atom. The molecule has 27 heavy (non-hydrogen) atoms. The lowest BCUT2D eigenvalue weighted by Gasteiger charge is -2.15. The van der Waals surface area contributed by atoms with E-state index in [1.165, 1.54) is 0 Å². The van der Waals surface area contributed by atoms with Crippen LogP contribution in [0.2, 0.25) is 5.02 Å². The molecule has 0 aliphatic rings. The predicted molar refractivity (Wildman–Crippen MR) is 107 cm³/mol. The first kappa shape index (κ1) is 19.0. The van der Waals surface area contributed by atoms with Crippen molar-refractivity contribution in [2.45, 2.75) is 13.8 Å². The number of benzene rings is 2. The predicted octanol–water partition coefficient (Wildman–Crippen LogP) is 4.80. The van der Waals surface area contributed by atoms with Crippen LogP contribution in [0.25, 0.3) is 16.9 Å². The van der Waals surface area contributed by atoms with Crippen LogP contribution in [-0.2, 0) is 4.84 Å². The third kappa shape index (κ3) is 3.84. The van der Waals surface area contributed by atoms with E-state index < -0.39 is 0 Å². The Balaban J connectivity index is 2.21. The monoisotopic (exact) mass is 384 g/mol. The maximum absolute atomic E-state index is 12.6. The number of amides is 1. The van der Waals surface area contributed by atoms with Gasteiger partial charge in [0.2, 0.25) is 0 Å². The standard InChI is InChI=1S/C21H21ClN2O3/c1-4-27-23-21(25)17-13-19(15-9-11-16(22)12-10-15)24(14(17)2)18-7-5-6-8-20(18)26-3/h5-13H,4H2,1-3H3,(H,23,25). The Labute approximate surface area is 163 Å². The fraction of sp³-hybridized carbons (Fsp3) is 0.190. The third-order valence-electron chi connectivity index (χ3n) is 4.27. The van der Waals surface area contributed by atoms with Crippen LogP contribution in [-0.4, -0.2) is 24.2 Å². The van der Waals surface area contributed by atoms with Crippen LogP contribution in [0.15, 0.2) is 54.6 Å². The minimum Gasteiger partial charge on any atom is -0.495 e. The number of halogens is 1. The third-order valence-corrected chi connectivity index (χ3v) is 4.52. The molecule has 3 rings (SSSR count). The van der Waals surface area contributed by atoms with Gasteiger partial charge in [-0.25, -0.2) is 5.48 Å². The Kier molecular flexibility index (Phi) is 5.84. The van der Waals surface area contributed by atoms with Crippen molar-refractivity contribution in [1.82, 2.24) is 10.0 Å². The highest BCUT2D eigenvalue weighted by Gasteiger charge is 2.21. The van der Waals surface area contributed by atoms with E-state index in [2.05, 4.69) is 5.48 Å². The SMILES string of the molecule is CCONC(=O)c1cc(-c2ccc(Cl)cc2)n(-c2ccccc2OC)c1C. The summed E-state index contributed by atoms with van der Waals surface area (Å²) in [5, 5.41) is 0.653. The molecule has 6 heteroatoms. The van der Waals surface area contributed by atoms with E-state index in [9.17, 15) is 4.79 Å². The number of aromatic nitrogens is 1. The van der Waals surface area contributed by atoms with Gasteiger partial charge in [0.25, 0.3) is 5.91 Å². The molecule has 0 unspecified atom stereocenters. The van der Waals surface area contributed by atoms with Crippen LogP contribution in [0.5, 0.6) is 5.75 Å². The minimum absolute atomic E-state index is 0.293. The molecule has 1 N–H and O–H groups in total. The molecule has 5 nitrogen and oxygen atoms in total. The van der Waals surface area contributed by atoms with E-state index in [-0.39, 0.29) is 5.91 Å². The molecule has 0 spiro atoms. The van der Waals surface area contributed by atoms with Crippen molar-refractivity contribution >= 4 is 17.5 Å². The lowest BCUT2D eigenvalue weighted by Crippen LogP contribution is -2.24. The molecule has 0 radical (unpaired) electrons. The average Bonchev–Trinajstić information content (AvgIpc) is 3.03. The molecule has 1 aromatic heterocycles. The molecule has 1 heterocycles. The van der Waals surface area contributed by atoms with E-state index >= 15 is 0 Å². The van der Waals surface area contributed by atoms with Gasteiger partial charge in [-0.15, -0.1) is 0 Å². The molecule has 0 saturated heterocycles. The van der Waals surface area contributed by atoms with E-state index in [1.807, 2.05) is 73.0 Å². The summed E-state index contributed by atoms with van der Waals surface area (Å²) in [7, 11) is 1.63. The quantitative estimate of drug-likeness (QED) is 0.621. The first-order valence-corrected chi connectivity index (χ1v) is 8.98. The van der Waals surface area contributed by atoms with Crippen LogP contribution >= 0.6 is 11.6 Å². The molecule has 140 valence electrons. The van der Waals surface area contributed by atoms with Crippen molar-refractivity contribution in [3.8, 4) is 22.7 Å². The van der Waals surface area contributed by atoms with Crippen LogP contribution in [0.1, 0.15) is 23.0 Å². The first-order chi connectivity index (χ1) is 13.1. The zero-order chi connectivity index (χ0) is 19.4. The highest BCUT2D eigenvalue weighted by molar-refractivity contribution is 6.30. The molecular formula is C21H21ClN2O3. The van der Waals surface area contributed by atoms with Gasteiger partial charge in [0.15, 0.2) is 0 Å². The summed E-state index contributed by atoms with van der Waals surface area (Å²) in [4.78, 5) is 17.6. The van der Waals surface area contributed by atoms with Crippen molar-refractivity contribution in [2.75, 3.05) is 13.7 Å². The smallest absolute Gasteiger partial charge is 0.276 e. The van der Waals surface area contributed by atoms with Gasteiger partial charge in [-0.05, 0) is 49.7 Å². The topological polar surface area (TPSA) is 52.5 Å². The van der Waals surface area contributed by atoms with E-state index in [0.717, 1.165) is 22.6 Å². The van der Waals surface area contributed by atoms with Gasteiger partial charge in [0.1, 0.15) is 5.75 Å². The second-order valence-electron chi connectivity index (χ2n) is 5.91. The summed E-state index contributed by atoms with van der Waals surface area (Å²) in [6.45, 7) is 4.10. The lowest BCUT2D eigenvalue weighted by molar-refractivity contribution is 0.0364. The summed E-state index contributed by atoms with van der Waals surface area (Å²) < 4.78 is 7.54. The number of nitrogens with zero attached hydrogens (tertiary/aromatic N) is 1. The van der Waals surface area contributed by atoms with Crippen LogP contribution in [0.3, 0.4) is 0 Å². The molecule has 1 amide bonds. The Bertz CT molecular complexity index is 949. The number of hydrogen-bond donors (Lipinski definition) is 1. The number of nitrogens with one attached hydrogen (secondary N) is 1. The van der Waals surface area contributed by atoms with Gasteiger partial charge in [-0.1, -0.05) is 35.9 Å². The molecule has 0 atom stereocenters.